The molecule has 0 aliphatic heterocycles. The molecule has 1 saturated carbocycles. The zero-order valence-electron chi connectivity index (χ0n) is 29.8. The maximum Gasteiger partial charge on any atom is 0.268 e. The number of aryl methyl sites for hydroxylation is 1. The third kappa shape index (κ3) is 13.6. The molecule has 8 heteroatoms. The highest BCUT2D eigenvalue weighted by Gasteiger charge is 2.29. The van der Waals surface area contributed by atoms with Crippen molar-refractivity contribution in [3.63, 3.8) is 0 Å². The molecule has 1 heterocycles. The van der Waals surface area contributed by atoms with Gasteiger partial charge < -0.3 is 9.64 Å². The summed E-state index contributed by atoms with van der Waals surface area (Å²) >= 11 is 1.63. The van der Waals surface area contributed by atoms with E-state index in [2.05, 4.69) is 57.8 Å². The van der Waals surface area contributed by atoms with Gasteiger partial charge in [-0.1, -0.05) is 96.4 Å². The van der Waals surface area contributed by atoms with Crippen LogP contribution >= 0.6 is 11.8 Å². The van der Waals surface area contributed by atoms with Crippen LogP contribution in [-0.2, 0) is 10.5 Å². The standard InChI is InChI=1S/C30H36F2N4OS.2C4H10/c1-9-33-28(37-8)26(21(4)24-14-15-24)27-34-16-19(2)29(35-27)38-18-23-10-12-25(13-11-23)22(5)36(7)17-20(3)30(6,31)32;2*1-3-4-2/h9-13,16-17,24H,1,5,14-15,18H2,2-4,6-8H3;2*3-4H2,1-2H3/b20-17+,26-21+,33-28?;;. The largest absolute Gasteiger partial charge is 0.480 e. The van der Waals surface area contributed by atoms with Gasteiger partial charge in [0.15, 0.2) is 5.82 Å². The molecule has 0 N–H and O–H groups in total. The number of rotatable bonds is 13. The van der Waals surface area contributed by atoms with E-state index in [0.717, 1.165) is 47.1 Å². The molecule has 1 aliphatic carbocycles. The van der Waals surface area contributed by atoms with Crippen LogP contribution in [0.25, 0.3) is 11.3 Å². The molecule has 0 spiro atoms. The molecule has 0 radical (unpaired) electrons. The molecule has 3 rings (SSSR count). The van der Waals surface area contributed by atoms with Crippen molar-refractivity contribution in [2.45, 2.75) is 111 Å². The van der Waals surface area contributed by atoms with Crippen LogP contribution in [0.2, 0.25) is 0 Å². The number of hydrogen-bond donors (Lipinski definition) is 0. The van der Waals surface area contributed by atoms with E-state index in [1.807, 2.05) is 37.4 Å². The highest BCUT2D eigenvalue weighted by molar-refractivity contribution is 7.98. The summed E-state index contributed by atoms with van der Waals surface area (Å²) < 4.78 is 32.6. The van der Waals surface area contributed by atoms with Crippen LogP contribution in [0.1, 0.15) is 110 Å². The molecule has 0 atom stereocenters. The highest BCUT2D eigenvalue weighted by atomic mass is 32.2. The third-order valence-electron chi connectivity index (χ3n) is 7.52. The Bertz CT molecular complexity index is 1330. The Balaban J connectivity index is 0.00000118. The van der Waals surface area contributed by atoms with Crippen LogP contribution in [0.3, 0.4) is 0 Å². The molecule has 254 valence electrons. The fourth-order valence-corrected chi connectivity index (χ4v) is 4.71. The van der Waals surface area contributed by atoms with Crippen LogP contribution < -0.4 is 0 Å². The van der Waals surface area contributed by atoms with Crippen molar-refractivity contribution in [2.75, 3.05) is 14.2 Å². The molecule has 2 aromatic rings. The van der Waals surface area contributed by atoms with Crippen LogP contribution in [0, 0.1) is 12.8 Å². The van der Waals surface area contributed by atoms with Crippen molar-refractivity contribution in [2.24, 2.45) is 10.9 Å². The molecule has 1 fully saturated rings. The molecule has 5 nitrogen and oxygen atoms in total. The number of ether oxygens (including phenoxy) is 1. The summed E-state index contributed by atoms with van der Waals surface area (Å²) in [5.41, 5.74) is 5.59. The number of hydrogen-bond acceptors (Lipinski definition) is 6. The van der Waals surface area contributed by atoms with Crippen molar-refractivity contribution in [1.82, 2.24) is 14.9 Å². The van der Waals surface area contributed by atoms with Gasteiger partial charge in [0.05, 0.1) is 12.7 Å². The van der Waals surface area contributed by atoms with E-state index < -0.39 is 5.92 Å². The monoisotopic (exact) mass is 654 g/mol. The van der Waals surface area contributed by atoms with Crippen molar-refractivity contribution in [1.29, 1.82) is 0 Å². The first-order chi connectivity index (χ1) is 21.8. The quantitative estimate of drug-likeness (QED) is 0.0931. The predicted molar refractivity (Wildman–Crippen MR) is 195 cm³/mol. The first-order valence-electron chi connectivity index (χ1n) is 16.3. The Morgan fingerprint density at radius 1 is 1.09 bits per heavy atom. The van der Waals surface area contributed by atoms with Crippen LogP contribution in [-0.4, -0.2) is 40.8 Å². The van der Waals surface area contributed by atoms with Crippen LogP contribution in [0.4, 0.5) is 8.78 Å². The minimum atomic E-state index is -2.87. The van der Waals surface area contributed by atoms with Gasteiger partial charge in [0.1, 0.15) is 5.03 Å². The Morgan fingerprint density at radius 3 is 2.11 bits per heavy atom. The molecular weight excluding hydrogens is 599 g/mol. The van der Waals surface area contributed by atoms with E-state index in [1.165, 1.54) is 50.6 Å². The minimum Gasteiger partial charge on any atom is -0.480 e. The number of aliphatic imine (C=N–C) groups is 1. The average Bonchev–Trinajstić information content (AvgIpc) is 3.90. The molecule has 0 amide bonds. The van der Waals surface area contributed by atoms with Gasteiger partial charge in [0.25, 0.3) is 5.92 Å². The Hall–Kier alpha value is -3.26. The van der Waals surface area contributed by atoms with Gasteiger partial charge >= 0.3 is 0 Å². The maximum atomic E-state index is 13.5. The zero-order valence-corrected chi connectivity index (χ0v) is 30.7. The van der Waals surface area contributed by atoms with E-state index in [0.29, 0.717) is 29.1 Å². The van der Waals surface area contributed by atoms with Crippen LogP contribution in [0.15, 0.2) is 77.2 Å². The lowest BCUT2D eigenvalue weighted by atomic mass is 10.0. The van der Waals surface area contributed by atoms with Gasteiger partial charge in [-0.15, -0.1) is 11.8 Å². The Morgan fingerprint density at radius 2 is 1.65 bits per heavy atom. The smallest absolute Gasteiger partial charge is 0.268 e. The molecule has 0 unspecified atom stereocenters. The van der Waals surface area contributed by atoms with E-state index in [1.54, 1.807) is 30.8 Å². The van der Waals surface area contributed by atoms with Crippen LogP contribution in [0.5, 0.6) is 0 Å². The molecule has 46 heavy (non-hydrogen) atoms. The fourth-order valence-electron chi connectivity index (χ4n) is 3.79. The second-order valence-electron chi connectivity index (χ2n) is 11.6. The predicted octanol–water partition coefficient (Wildman–Crippen LogP) is 11.5. The number of methoxy groups -OCH3 is 1. The maximum absolute atomic E-state index is 13.5. The van der Waals surface area contributed by atoms with E-state index >= 15 is 0 Å². The molecule has 1 aromatic heterocycles. The lowest BCUT2D eigenvalue weighted by molar-refractivity contribution is 0.0622. The number of benzene rings is 1. The molecule has 0 saturated heterocycles. The lowest BCUT2D eigenvalue weighted by Crippen LogP contribution is -2.16. The summed E-state index contributed by atoms with van der Waals surface area (Å²) in [6.07, 6.45) is 12.3. The lowest BCUT2D eigenvalue weighted by Gasteiger charge is -2.21. The van der Waals surface area contributed by atoms with Gasteiger partial charge in [0.2, 0.25) is 5.90 Å². The minimum absolute atomic E-state index is 0.0209. The van der Waals surface area contributed by atoms with Gasteiger partial charge in [-0.3, -0.25) is 0 Å². The van der Waals surface area contributed by atoms with Crippen molar-refractivity contribution < 1.29 is 13.5 Å². The molecule has 1 aliphatic rings. The molecule has 1 aromatic carbocycles. The Labute approximate surface area is 282 Å². The summed E-state index contributed by atoms with van der Waals surface area (Å²) in [4.78, 5) is 15.5. The first-order valence-corrected chi connectivity index (χ1v) is 17.3. The number of halogens is 2. The number of allylic oxidation sites excluding steroid dienone is 2. The number of thioether (sulfide) groups is 1. The summed E-state index contributed by atoms with van der Waals surface area (Å²) in [7, 11) is 3.32. The van der Waals surface area contributed by atoms with Gasteiger partial charge in [0, 0.05) is 49.6 Å². The zero-order chi connectivity index (χ0) is 34.9. The first kappa shape index (κ1) is 40.8. The number of nitrogens with zero attached hydrogens (tertiary/aromatic N) is 4. The molecular formula is C38H56F2N4OS. The number of unbranched alkanes of at least 4 members (excludes halogenated alkanes) is 2. The van der Waals surface area contributed by atoms with Crippen molar-refractivity contribution in [3.05, 3.63) is 89.7 Å². The number of aromatic nitrogens is 2. The fraction of sp³-hybridized carbons (Fsp3) is 0.500. The second-order valence-corrected chi connectivity index (χ2v) is 12.5. The molecule has 0 bridgehead atoms. The summed E-state index contributed by atoms with van der Waals surface area (Å²) in [5.74, 6) is -0.593. The normalized spacial score (nSPS) is 13.8. The summed E-state index contributed by atoms with van der Waals surface area (Å²) in [5, 5.41) is 0.888. The Kier molecular flexibility index (Phi) is 18.4. The van der Waals surface area contributed by atoms with E-state index in [-0.39, 0.29) is 5.57 Å². The van der Waals surface area contributed by atoms with Gasteiger partial charge in [-0.2, -0.15) is 0 Å². The summed E-state index contributed by atoms with van der Waals surface area (Å²) in [6, 6.07) is 7.95. The van der Waals surface area contributed by atoms with E-state index in [9.17, 15) is 8.78 Å². The third-order valence-corrected chi connectivity index (χ3v) is 8.68. The van der Waals surface area contributed by atoms with Crippen molar-refractivity contribution in [3.8, 4) is 0 Å². The average molecular weight is 655 g/mol. The van der Waals surface area contributed by atoms with Gasteiger partial charge in [-0.25, -0.2) is 23.7 Å². The van der Waals surface area contributed by atoms with Gasteiger partial charge in [-0.05, 0) is 56.2 Å². The second kappa shape index (κ2) is 20.8. The topological polar surface area (TPSA) is 50.6 Å². The van der Waals surface area contributed by atoms with E-state index in [4.69, 9.17) is 9.72 Å². The highest BCUT2D eigenvalue weighted by Crippen LogP contribution is 2.40. The number of alkyl halides is 2. The SMILES string of the molecule is C=CN=C(OC)/C(=C(\C)C1CC1)c1ncc(C)c(SCc2ccc(C(=C)N(C)/C=C(\C)C(C)(F)F)cc2)n1.CCCC.CCCC. The van der Waals surface area contributed by atoms with Crippen molar-refractivity contribution >= 4 is 28.9 Å². The summed E-state index contributed by atoms with van der Waals surface area (Å²) in [6.45, 7) is 22.9.